The van der Waals surface area contributed by atoms with Gasteiger partial charge < -0.3 is 24.4 Å². The van der Waals surface area contributed by atoms with Gasteiger partial charge in [0.25, 0.3) is 15.9 Å². The molecule has 3 N–H and O–H groups in total. The number of hydrogen-bond acceptors (Lipinski definition) is 9. The lowest BCUT2D eigenvalue weighted by atomic mass is 9.99. The van der Waals surface area contributed by atoms with Crippen LogP contribution in [0.5, 0.6) is 5.75 Å². The van der Waals surface area contributed by atoms with Gasteiger partial charge in [-0.15, -0.1) is 0 Å². The summed E-state index contributed by atoms with van der Waals surface area (Å²) < 4.78 is 40.9. The number of anilines is 1. The van der Waals surface area contributed by atoms with E-state index in [4.69, 9.17) is 9.26 Å². The van der Waals surface area contributed by atoms with E-state index in [0.717, 1.165) is 5.56 Å². The number of carbonyl (C=O) groups is 2. The number of aliphatic hydroxyl groups excluding tert-OH is 1. The van der Waals surface area contributed by atoms with E-state index >= 15 is 0 Å². The maximum atomic E-state index is 13.7. The molecule has 0 radical (unpaired) electrons. The molecule has 1 aromatic heterocycles. The summed E-state index contributed by atoms with van der Waals surface area (Å²) in [5.74, 6) is -1.38. The molecule has 13 heteroatoms. The molecule has 4 rings (SSSR count). The third-order valence-corrected chi connectivity index (χ3v) is 8.93. The average molecular weight is 601 g/mol. The molecule has 42 heavy (non-hydrogen) atoms. The summed E-state index contributed by atoms with van der Waals surface area (Å²) in [7, 11) is -2.25. The third-order valence-electron chi connectivity index (χ3n) is 7.32. The minimum atomic E-state index is -4.15. The fourth-order valence-corrected chi connectivity index (χ4v) is 6.43. The zero-order chi connectivity index (χ0) is 30.8. The summed E-state index contributed by atoms with van der Waals surface area (Å²) >= 11 is 0. The molecule has 2 heterocycles. The number of aromatic carboxylic acids is 1. The Morgan fingerprint density at radius 2 is 1.90 bits per heavy atom. The SMILES string of the molecule is Cc1noc(C)c1S(=O)(=O)Nc1cccc2c1O[C@H](CN(C)Cc1ccc(C(=O)O)cc1)[C@@H](C)CN([C@@H](C)CO)C2=O. The number of aryl methyl sites for hydroxylation is 2. The molecule has 12 nitrogen and oxygen atoms in total. The van der Waals surface area contributed by atoms with Gasteiger partial charge in [0.05, 0.1) is 29.5 Å². The molecule has 226 valence electrons. The molecular weight excluding hydrogens is 564 g/mol. The van der Waals surface area contributed by atoms with Gasteiger partial charge in [0.15, 0.2) is 16.4 Å². The van der Waals surface area contributed by atoms with Gasteiger partial charge in [0.2, 0.25) is 0 Å². The number of rotatable bonds is 10. The van der Waals surface area contributed by atoms with Crippen LogP contribution >= 0.6 is 0 Å². The van der Waals surface area contributed by atoms with Crippen LogP contribution in [0.1, 0.15) is 51.6 Å². The lowest BCUT2D eigenvalue weighted by Gasteiger charge is -2.38. The van der Waals surface area contributed by atoms with Crippen molar-refractivity contribution >= 4 is 27.6 Å². The highest BCUT2D eigenvalue weighted by Crippen LogP contribution is 2.36. The second-order valence-electron chi connectivity index (χ2n) is 10.8. The normalized spacial score (nSPS) is 18.2. The third kappa shape index (κ3) is 6.58. The lowest BCUT2D eigenvalue weighted by molar-refractivity contribution is 0.0343. The number of nitrogens with one attached hydrogen (secondary N) is 1. The Morgan fingerprint density at radius 3 is 2.50 bits per heavy atom. The van der Waals surface area contributed by atoms with Crippen molar-refractivity contribution in [3.05, 3.63) is 70.6 Å². The summed E-state index contributed by atoms with van der Waals surface area (Å²) in [5, 5.41) is 22.8. The maximum Gasteiger partial charge on any atom is 0.335 e. The van der Waals surface area contributed by atoms with Gasteiger partial charge in [-0.1, -0.05) is 30.3 Å². The van der Waals surface area contributed by atoms with Gasteiger partial charge >= 0.3 is 5.97 Å². The van der Waals surface area contributed by atoms with Crippen molar-refractivity contribution in [1.82, 2.24) is 15.0 Å². The first-order valence-corrected chi connectivity index (χ1v) is 15.0. The number of ether oxygens (including phenoxy) is 1. The number of para-hydroxylation sites is 1. The smallest absolute Gasteiger partial charge is 0.335 e. The first-order chi connectivity index (χ1) is 19.8. The number of benzene rings is 2. The number of amides is 1. The minimum Gasteiger partial charge on any atom is -0.486 e. The quantitative estimate of drug-likeness (QED) is 0.315. The van der Waals surface area contributed by atoms with Crippen LogP contribution in [-0.2, 0) is 16.6 Å². The molecule has 0 bridgehead atoms. The fraction of sp³-hybridized carbons (Fsp3) is 0.414. The van der Waals surface area contributed by atoms with Crippen molar-refractivity contribution in [2.24, 2.45) is 5.92 Å². The van der Waals surface area contributed by atoms with Crippen LogP contribution in [0.4, 0.5) is 5.69 Å². The highest BCUT2D eigenvalue weighted by atomic mass is 32.2. The number of hydrogen-bond donors (Lipinski definition) is 3. The van der Waals surface area contributed by atoms with E-state index in [-0.39, 0.29) is 57.3 Å². The second kappa shape index (κ2) is 12.5. The first-order valence-electron chi connectivity index (χ1n) is 13.5. The maximum absolute atomic E-state index is 13.7. The van der Waals surface area contributed by atoms with Crippen LogP contribution in [-0.4, -0.2) is 84.4 Å². The van der Waals surface area contributed by atoms with Gasteiger partial charge in [-0.05, 0) is 57.6 Å². The Morgan fingerprint density at radius 1 is 1.21 bits per heavy atom. The van der Waals surface area contributed by atoms with Gasteiger partial charge in [-0.25, -0.2) is 13.2 Å². The number of carboxylic acids is 1. The van der Waals surface area contributed by atoms with E-state index in [0.29, 0.717) is 19.6 Å². The van der Waals surface area contributed by atoms with Crippen molar-refractivity contribution in [2.45, 2.75) is 51.3 Å². The monoisotopic (exact) mass is 600 g/mol. The number of fused-ring (bicyclic) bond motifs is 1. The van der Waals surface area contributed by atoms with Gasteiger partial charge in [-0.2, -0.15) is 0 Å². The number of likely N-dealkylation sites (N-methyl/N-ethyl adjacent to an activating group) is 1. The number of carboxylic acid groups (broad SMARTS) is 1. The van der Waals surface area contributed by atoms with Crippen LogP contribution in [0, 0.1) is 19.8 Å². The highest BCUT2D eigenvalue weighted by Gasteiger charge is 2.35. The Balaban J connectivity index is 1.69. The number of nitrogens with zero attached hydrogens (tertiary/aromatic N) is 3. The van der Waals surface area contributed by atoms with E-state index in [9.17, 15) is 28.2 Å². The Bertz CT molecular complexity index is 1530. The van der Waals surface area contributed by atoms with Crippen LogP contribution in [0.25, 0.3) is 0 Å². The topological polar surface area (TPSA) is 163 Å². The number of carbonyl (C=O) groups excluding carboxylic acids is 1. The van der Waals surface area contributed by atoms with Crippen LogP contribution in [0.3, 0.4) is 0 Å². The standard InChI is InChI=1S/C29H36N4O8S/c1-17-13-33(18(2)16-34)28(35)23-7-6-8-24(31-42(38,39)27-19(3)30-41-20(27)4)26(23)40-25(17)15-32(5)14-21-9-11-22(12-10-21)29(36)37/h6-12,17-18,25,31,34H,13-16H2,1-5H3,(H,36,37)/t17-,18-,25+/m0/s1. The first kappa shape index (κ1) is 31.0. The second-order valence-corrected chi connectivity index (χ2v) is 12.4. The van der Waals surface area contributed by atoms with Crippen LogP contribution in [0.15, 0.2) is 51.9 Å². The highest BCUT2D eigenvalue weighted by molar-refractivity contribution is 7.92. The summed E-state index contributed by atoms with van der Waals surface area (Å²) in [4.78, 5) is 28.4. The average Bonchev–Trinajstić information content (AvgIpc) is 3.29. The van der Waals surface area contributed by atoms with E-state index in [2.05, 4.69) is 9.88 Å². The zero-order valence-corrected chi connectivity index (χ0v) is 25.0. The zero-order valence-electron chi connectivity index (χ0n) is 24.2. The summed E-state index contributed by atoms with van der Waals surface area (Å²) in [6.07, 6.45) is -0.488. The molecular formula is C29H36N4O8S. The lowest BCUT2D eigenvalue weighted by Crippen LogP contribution is -2.49. The molecule has 0 unspecified atom stereocenters. The van der Waals surface area contributed by atoms with Crippen molar-refractivity contribution in [3.8, 4) is 5.75 Å². The molecule has 0 saturated heterocycles. The molecule has 3 aromatic rings. The van der Waals surface area contributed by atoms with Gasteiger partial charge in [0, 0.05) is 25.6 Å². The summed E-state index contributed by atoms with van der Waals surface area (Å²) in [6, 6.07) is 10.8. The molecule has 0 aliphatic carbocycles. The van der Waals surface area contributed by atoms with Gasteiger partial charge in [-0.3, -0.25) is 14.4 Å². The van der Waals surface area contributed by atoms with Crippen LogP contribution in [0.2, 0.25) is 0 Å². The molecule has 0 spiro atoms. The molecule has 1 aliphatic heterocycles. The molecule has 0 fully saturated rings. The van der Waals surface area contributed by atoms with Gasteiger partial charge in [0.1, 0.15) is 11.8 Å². The Labute approximate surface area is 244 Å². The molecule has 3 atom stereocenters. The van der Waals surface area contributed by atoms with E-state index in [1.807, 2.05) is 18.9 Å². The van der Waals surface area contributed by atoms with Crippen LogP contribution < -0.4 is 9.46 Å². The largest absolute Gasteiger partial charge is 0.486 e. The number of aromatic nitrogens is 1. The number of sulfonamides is 1. The molecule has 1 aliphatic rings. The summed E-state index contributed by atoms with van der Waals surface area (Å²) in [5.41, 5.74) is 1.55. The Hall–Kier alpha value is -3.94. The minimum absolute atomic E-state index is 0.0865. The van der Waals surface area contributed by atoms with Crippen molar-refractivity contribution in [3.63, 3.8) is 0 Å². The van der Waals surface area contributed by atoms with Crippen molar-refractivity contribution in [1.29, 1.82) is 0 Å². The van der Waals surface area contributed by atoms with E-state index in [1.165, 1.54) is 19.9 Å². The van der Waals surface area contributed by atoms with E-state index in [1.54, 1.807) is 48.2 Å². The summed E-state index contributed by atoms with van der Waals surface area (Å²) in [6.45, 7) is 7.67. The number of aliphatic hydroxyl groups is 1. The predicted molar refractivity (Wildman–Crippen MR) is 154 cm³/mol. The van der Waals surface area contributed by atoms with Crippen molar-refractivity contribution < 1.29 is 37.5 Å². The molecule has 2 aromatic carbocycles. The van der Waals surface area contributed by atoms with E-state index < -0.39 is 28.1 Å². The molecule has 0 saturated carbocycles. The molecule has 1 amide bonds. The predicted octanol–water partition coefficient (Wildman–Crippen LogP) is 3.14. The Kier molecular flexibility index (Phi) is 9.24. The van der Waals surface area contributed by atoms with Crippen molar-refractivity contribution in [2.75, 3.05) is 31.5 Å². The fourth-order valence-electron chi connectivity index (χ4n) is 5.03.